The Morgan fingerprint density at radius 1 is 1.05 bits per heavy atom. The summed E-state index contributed by atoms with van der Waals surface area (Å²) in [7, 11) is 1.65. The summed E-state index contributed by atoms with van der Waals surface area (Å²) in [5, 5.41) is 0. The van der Waals surface area contributed by atoms with Gasteiger partial charge in [0.05, 0.1) is 13.2 Å². The van der Waals surface area contributed by atoms with Crippen LogP contribution in [-0.2, 0) is 0 Å². The van der Waals surface area contributed by atoms with Gasteiger partial charge in [0.25, 0.3) is 0 Å². The molecular formula is C16H17NO3. The largest absolute Gasteiger partial charge is 0.496 e. The summed E-state index contributed by atoms with van der Waals surface area (Å²) in [6, 6.07) is 13.3. The molecule has 1 aliphatic heterocycles. The van der Waals surface area contributed by atoms with Crippen molar-refractivity contribution in [2.24, 2.45) is 5.73 Å². The number of benzene rings is 2. The molecule has 2 N–H and O–H groups in total. The summed E-state index contributed by atoms with van der Waals surface area (Å²) in [6.45, 7) is 1.16. The third-order valence-corrected chi connectivity index (χ3v) is 3.40. The molecule has 1 atom stereocenters. The molecule has 1 unspecified atom stereocenters. The average molecular weight is 271 g/mol. The van der Waals surface area contributed by atoms with Gasteiger partial charge < -0.3 is 19.9 Å². The number of methoxy groups -OCH3 is 1. The minimum Gasteiger partial charge on any atom is -0.496 e. The molecule has 2 aromatic carbocycles. The van der Waals surface area contributed by atoms with Crippen molar-refractivity contribution in [1.82, 2.24) is 0 Å². The monoisotopic (exact) mass is 271 g/mol. The molecule has 0 spiro atoms. The second kappa shape index (κ2) is 5.43. The summed E-state index contributed by atoms with van der Waals surface area (Å²) in [5.41, 5.74) is 8.27. The Balaban J connectivity index is 1.96. The number of nitrogens with two attached hydrogens (primary N) is 1. The van der Waals surface area contributed by atoms with E-state index < -0.39 is 0 Å². The Labute approximate surface area is 118 Å². The Morgan fingerprint density at radius 2 is 1.80 bits per heavy atom. The Hall–Kier alpha value is -2.20. The van der Waals surface area contributed by atoms with Gasteiger partial charge in [-0.05, 0) is 23.8 Å². The van der Waals surface area contributed by atoms with Crippen molar-refractivity contribution in [3.63, 3.8) is 0 Å². The molecule has 1 aliphatic rings. The highest BCUT2D eigenvalue weighted by Gasteiger charge is 2.17. The maximum absolute atomic E-state index is 6.35. The summed E-state index contributed by atoms with van der Waals surface area (Å²) < 4.78 is 16.5. The molecule has 0 aromatic heterocycles. The van der Waals surface area contributed by atoms with Crippen LogP contribution in [0.4, 0.5) is 0 Å². The van der Waals surface area contributed by atoms with Crippen LogP contribution in [0.3, 0.4) is 0 Å². The normalized spacial score (nSPS) is 14.7. The van der Waals surface area contributed by atoms with Crippen LogP contribution in [0, 0.1) is 0 Å². The number of ether oxygens (including phenoxy) is 3. The molecule has 104 valence electrons. The SMILES string of the molecule is COc1ccccc1C(N)c1ccc2c(c1)OCCO2. The summed E-state index contributed by atoms with van der Waals surface area (Å²) in [5.74, 6) is 2.31. The lowest BCUT2D eigenvalue weighted by molar-refractivity contribution is 0.171. The van der Waals surface area contributed by atoms with E-state index in [0.717, 1.165) is 28.4 Å². The lowest BCUT2D eigenvalue weighted by atomic mass is 9.98. The number of rotatable bonds is 3. The molecule has 0 saturated carbocycles. The van der Waals surface area contributed by atoms with Crippen molar-refractivity contribution in [1.29, 1.82) is 0 Å². The first-order valence-corrected chi connectivity index (χ1v) is 6.57. The smallest absolute Gasteiger partial charge is 0.161 e. The Morgan fingerprint density at radius 3 is 2.60 bits per heavy atom. The summed E-state index contributed by atoms with van der Waals surface area (Å²) in [6.07, 6.45) is 0. The first-order chi connectivity index (χ1) is 9.79. The van der Waals surface area contributed by atoms with Gasteiger partial charge in [-0.1, -0.05) is 24.3 Å². The minimum absolute atomic E-state index is 0.262. The first-order valence-electron chi connectivity index (χ1n) is 6.57. The van der Waals surface area contributed by atoms with Crippen molar-refractivity contribution in [3.8, 4) is 17.2 Å². The van der Waals surface area contributed by atoms with Crippen LogP contribution in [0.5, 0.6) is 17.2 Å². The van der Waals surface area contributed by atoms with E-state index in [1.807, 2.05) is 42.5 Å². The molecule has 3 rings (SSSR count). The lowest BCUT2D eigenvalue weighted by Crippen LogP contribution is -2.17. The molecule has 0 fully saturated rings. The van der Waals surface area contributed by atoms with Gasteiger partial charge >= 0.3 is 0 Å². The maximum Gasteiger partial charge on any atom is 0.161 e. The van der Waals surface area contributed by atoms with Gasteiger partial charge in [0.2, 0.25) is 0 Å². The highest BCUT2D eigenvalue weighted by atomic mass is 16.6. The third-order valence-electron chi connectivity index (χ3n) is 3.40. The van der Waals surface area contributed by atoms with Crippen LogP contribution in [0.2, 0.25) is 0 Å². The molecule has 0 saturated heterocycles. The van der Waals surface area contributed by atoms with Crippen LogP contribution in [0.15, 0.2) is 42.5 Å². The molecule has 2 aromatic rings. The molecule has 20 heavy (non-hydrogen) atoms. The summed E-state index contributed by atoms with van der Waals surface area (Å²) >= 11 is 0. The fourth-order valence-corrected chi connectivity index (χ4v) is 2.36. The van der Waals surface area contributed by atoms with Crippen molar-refractivity contribution in [2.75, 3.05) is 20.3 Å². The predicted octanol–water partition coefficient (Wildman–Crippen LogP) is 2.51. The van der Waals surface area contributed by atoms with Crippen molar-refractivity contribution >= 4 is 0 Å². The highest BCUT2D eigenvalue weighted by Crippen LogP contribution is 2.35. The second-order valence-electron chi connectivity index (χ2n) is 4.62. The van der Waals surface area contributed by atoms with Gasteiger partial charge in [0, 0.05) is 5.56 Å². The fourth-order valence-electron chi connectivity index (χ4n) is 2.36. The van der Waals surface area contributed by atoms with E-state index in [1.165, 1.54) is 0 Å². The van der Waals surface area contributed by atoms with Gasteiger partial charge in [0.15, 0.2) is 11.5 Å². The lowest BCUT2D eigenvalue weighted by Gasteiger charge is -2.21. The van der Waals surface area contributed by atoms with E-state index in [9.17, 15) is 0 Å². The number of hydrogen-bond donors (Lipinski definition) is 1. The van der Waals surface area contributed by atoms with E-state index in [1.54, 1.807) is 7.11 Å². The van der Waals surface area contributed by atoms with Crippen LogP contribution in [-0.4, -0.2) is 20.3 Å². The minimum atomic E-state index is -0.262. The van der Waals surface area contributed by atoms with Crippen molar-refractivity contribution in [3.05, 3.63) is 53.6 Å². The zero-order valence-corrected chi connectivity index (χ0v) is 11.3. The van der Waals surface area contributed by atoms with Crippen LogP contribution in [0.25, 0.3) is 0 Å². The topological polar surface area (TPSA) is 53.7 Å². The van der Waals surface area contributed by atoms with Crippen LogP contribution < -0.4 is 19.9 Å². The zero-order chi connectivity index (χ0) is 13.9. The molecule has 4 nitrogen and oxygen atoms in total. The third kappa shape index (κ3) is 2.30. The van der Waals surface area contributed by atoms with Crippen molar-refractivity contribution < 1.29 is 14.2 Å². The quantitative estimate of drug-likeness (QED) is 0.932. The van der Waals surface area contributed by atoms with E-state index in [-0.39, 0.29) is 6.04 Å². The maximum atomic E-state index is 6.35. The predicted molar refractivity (Wildman–Crippen MR) is 76.5 cm³/mol. The molecule has 0 amide bonds. The van der Waals surface area contributed by atoms with E-state index >= 15 is 0 Å². The van der Waals surface area contributed by atoms with E-state index in [2.05, 4.69) is 0 Å². The zero-order valence-electron chi connectivity index (χ0n) is 11.3. The Kier molecular flexibility index (Phi) is 3.48. The number of fused-ring (bicyclic) bond motifs is 1. The number of hydrogen-bond acceptors (Lipinski definition) is 4. The van der Waals surface area contributed by atoms with Gasteiger partial charge in [-0.25, -0.2) is 0 Å². The molecular weight excluding hydrogens is 254 g/mol. The van der Waals surface area contributed by atoms with Gasteiger partial charge in [0.1, 0.15) is 19.0 Å². The first kappa shape index (κ1) is 12.8. The van der Waals surface area contributed by atoms with Crippen LogP contribution >= 0.6 is 0 Å². The molecule has 0 aliphatic carbocycles. The Bertz CT molecular complexity index is 612. The average Bonchev–Trinajstić information content (AvgIpc) is 2.53. The van der Waals surface area contributed by atoms with E-state index in [0.29, 0.717) is 13.2 Å². The van der Waals surface area contributed by atoms with Gasteiger partial charge in [-0.3, -0.25) is 0 Å². The molecule has 1 heterocycles. The molecule has 4 heteroatoms. The van der Waals surface area contributed by atoms with Crippen LogP contribution in [0.1, 0.15) is 17.2 Å². The molecule has 0 radical (unpaired) electrons. The highest BCUT2D eigenvalue weighted by molar-refractivity contribution is 5.48. The second-order valence-corrected chi connectivity index (χ2v) is 4.62. The fraction of sp³-hybridized carbons (Fsp3) is 0.250. The number of para-hydroxylation sites is 1. The van der Waals surface area contributed by atoms with Crippen molar-refractivity contribution in [2.45, 2.75) is 6.04 Å². The molecule has 0 bridgehead atoms. The van der Waals surface area contributed by atoms with Gasteiger partial charge in [-0.15, -0.1) is 0 Å². The van der Waals surface area contributed by atoms with Gasteiger partial charge in [-0.2, -0.15) is 0 Å². The standard InChI is InChI=1S/C16H17NO3/c1-18-13-5-3-2-4-12(13)16(17)11-6-7-14-15(10-11)20-9-8-19-14/h2-7,10,16H,8-9,17H2,1H3. The summed E-state index contributed by atoms with van der Waals surface area (Å²) in [4.78, 5) is 0. The van der Waals surface area contributed by atoms with E-state index in [4.69, 9.17) is 19.9 Å².